The molecule has 0 radical (unpaired) electrons. The van der Waals surface area contributed by atoms with Gasteiger partial charge in [0.15, 0.2) is 0 Å². The maximum Gasteiger partial charge on any atom is 0.336 e. The van der Waals surface area contributed by atoms with Crippen molar-refractivity contribution in [2.75, 3.05) is 26.4 Å². The Balaban J connectivity index is 1.39. The zero-order chi connectivity index (χ0) is 29.9. The van der Waals surface area contributed by atoms with E-state index in [9.17, 15) is 29.7 Å². The summed E-state index contributed by atoms with van der Waals surface area (Å²) in [4.78, 5) is 44.5. The number of aliphatic carboxylic acids is 1. The fourth-order valence-corrected chi connectivity index (χ4v) is 5.04. The van der Waals surface area contributed by atoms with Crippen LogP contribution in [0, 0.1) is 0 Å². The molecule has 13 heteroatoms. The number of oxime groups is 1. The molecule has 0 bridgehead atoms. The maximum absolute atomic E-state index is 13.7. The zero-order valence-electron chi connectivity index (χ0n) is 23.3. The Morgan fingerprint density at radius 2 is 1.79 bits per heavy atom. The lowest BCUT2D eigenvalue weighted by molar-refractivity contribution is -0.167. The number of nitrogens with one attached hydrogen (secondary N) is 2. The predicted octanol–water partition coefficient (Wildman–Crippen LogP) is 1.20. The molecule has 13 nitrogen and oxygen atoms in total. The van der Waals surface area contributed by atoms with E-state index in [2.05, 4.69) is 15.8 Å². The largest absolute Gasteiger partial charge is 0.481 e. The number of aliphatic hydroxyl groups excluding tert-OH is 2. The summed E-state index contributed by atoms with van der Waals surface area (Å²) in [7, 11) is 0. The first-order valence-corrected chi connectivity index (χ1v) is 14.0. The average Bonchev–Trinajstić information content (AvgIpc) is 3.12. The quantitative estimate of drug-likeness (QED) is 0.101. The van der Waals surface area contributed by atoms with E-state index in [1.165, 1.54) is 21.1 Å². The highest BCUT2D eigenvalue weighted by molar-refractivity contribution is 5.94. The number of nitrogens with zero attached hydrogens (tertiary/aromatic N) is 4. The van der Waals surface area contributed by atoms with Gasteiger partial charge in [-0.25, -0.2) is 9.80 Å². The van der Waals surface area contributed by atoms with Gasteiger partial charge < -0.3 is 30.4 Å². The number of urea groups is 1. The van der Waals surface area contributed by atoms with E-state index in [0.717, 1.165) is 5.56 Å². The maximum atomic E-state index is 13.7. The second-order valence-corrected chi connectivity index (χ2v) is 10.2. The van der Waals surface area contributed by atoms with Crippen LogP contribution in [0.4, 0.5) is 4.79 Å². The lowest BCUT2D eigenvalue weighted by atomic mass is 10.0. The van der Waals surface area contributed by atoms with Crippen molar-refractivity contribution in [3.63, 3.8) is 0 Å². The average molecular weight is 583 g/mol. The molecule has 226 valence electrons. The molecule has 2 aromatic carbocycles. The molecule has 0 spiro atoms. The molecular weight excluding hydrogens is 544 g/mol. The highest BCUT2D eigenvalue weighted by atomic mass is 16.6. The van der Waals surface area contributed by atoms with Crippen LogP contribution in [0.5, 0.6) is 0 Å². The Labute approximate surface area is 244 Å². The third-order valence-corrected chi connectivity index (χ3v) is 7.20. The molecule has 42 heavy (non-hydrogen) atoms. The van der Waals surface area contributed by atoms with Crippen LogP contribution in [0.1, 0.15) is 41.6 Å². The smallest absolute Gasteiger partial charge is 0.336 e. The number of aliphatic hydroxyl groups is 2. The third kappa shape index (κ3) is 8.49. The van der Waals surface area contributed by atoms with Crippen molar-refractivity contribution in [1.29, 1.82) is 0 Å². The number of hydrogen-bond donors (Lipinski definition) is 5. The highest BCUT2D eigenvalue weighted by Crippen LogP contribution is 2.27. The Bertz CT molecular complexity index is 1200. The molecule has 2 fully saturated rings. The molecule has 0 aliphatic carbocycles. The van der Waals surface area contributed by atoms with Gasteiger partial charge in [-0.3, -0.25) is 14.9 Å². The summed E-state index contributed by atoms with van der Waals surface area (Å²) >= 11 is 0. The van der Waals surface area contributed by atoms with Gasteiger partial charge in [-0.15, -0.1) is 0 Å². The van der Waals surface area contributed by atoms with E-state index in [1.54, 1.807) is 30.3 Å². The monoisotopic (exact) mass is 582 g/mol. The van der Waals surface area contributed by atoms with Gasteiger partial charge in [0.2, 0.25) is 0 Å². The molecule has 4 rings (SSSR count). The number of fused-ring (bicyclic) bond motifs is 1. The van der Waals surface area contributed by atoms with Crippen molar-refractivity contribution in [1.82, 2.24) is 25.6 Å². The summed E-state index contributed by atoms with van der Waals surface area (Å²) in [6.07, 6.45) is 0.440. The molecule has 2 saturated heterocycles. The molecule has 2 unspecified atom stereocenters. The van der Waals surface area contributed by atoms with E-state index in [-0.39, 0.29) is 38.6 Å². The Kier molecular flexibility index (Phi) is 11.2. The summed E-state index contributed by atoms with van der Waals surface area (Å²) in [5.74, 6) is -1.45. The topological polar surface area (TPSA) is 167 Å². The number of carbonyl (C=O) groups excluding carboxylic acids is 2. The molecule has 4 atom stereocenters. The molecule has 2 aliphatic rings. The molecular formula is C29H38N6O7. The third-order valence-electron chi connectivity index (χ3n) is 7.20. The minimum atomic E-state index is -1.34. The van der Waals surface area contributed by atoms with Crippen LogP contribution in [0.25, 0.3) is 0 Å². The van der Waals surface area contributed by atoms with Crippen LogP contribution in [0.15, 0.2) is 65.8 Å². The highest BCUT2D eigenvalue weighted by Gasteiger charge is 2.44. The zero-order valence-corrected chi connectivity index (χ0v) is 23.3. The van der Waals surface area contributed by atoms with Gasteiger partial charge in [-0.1, -0.05) is 53.7 Å². The molecule has 5 N–H and O–H groups in total. The minimum Gasteiger partial charge on any atom is -0.481 e. The molecule has 2 aliphatic heterocycles. The van der Waals surface area contributed by atoms with E-state index < -0.39 is 36.5 Å². The lowest BCUT2D eigenvalue weighted by Crippen LogP contribution is -2.65. The summed E-state index contributed by atoms with van der Waals surface area (Å²) in [6.45, 7) is 0.786. The summed E-state index contributed by atoms with van der Waals surface area (Å²) in [5, 5.41) is 43.8. The number of carboxylic acids is 1. The number of rotatable bonds is 13. The van der Waals surface area contributed by atoms with Crippen molar-refractivity contribution >= 4 is 24.1 Å². The second kappa shape index (κ2) is 15.3. The standard InChI is InChI=1S/C29H38N6O7/c36-25-13-16-33(20-30-27(39)22-10-5-2-6-11-22)29(41)35-24(12-7-15-34(25)35)28(40)32-23(18-26(37)38)19-31-42-17-14-21-8-3-1-4-9-21/h1-6,8-11,19,23-25,28,32,36,40H,7,12-18,20H2,(H,30,39)(H,37,38)/b31-19+/t23-,24-,25?,28?/m0/s1. The molecule has 0 aromatic heterocycles. The van der Waals surface area contributed by atoms with E-state index in [1.807, 2.05) is 30.3 Å². The molecule has 0 saturated carbocycles. The van der Waals surface area contributed by atoms with E-state index in [0.29, 0.717) is 31.4 Å². The van der Waals surface area contributed by atoms with Gasteiger partial charge in [0.05, 0.1) is 31.4 Å². The Hall–Kier alpha value is -4.04. The van der Waals surface area contributed by atoms with Gasteiger partial charge in [-0.05, 0) is 30.5 Å². The van der Waals surface area contributed by atoms with Crippen LogP contribution in [0.3, 0.4) is 0 Å². The summed E-state index contributed by atoms with van der Waals surface area (Å²) in [6, 6.07) is 16.1. The number of benzene rings is 2. The van der Waals surface area contributed by atoms with Crippen molar-refractivity contribution in [3.8, 4) is 0 Å². The van der Waals surface area contributed by atoms with Crippen LogP contribution in [-0.4, -0.2) is 105 Å². The first kappa shape index (κ1) is 30.9. The van der Waals surface area contributed by atoms with Crippen LogP contribution >= 0.6 is 0 Å². The van der Waals surface area contributed by atoms with Gasteiger partial charge in [-0.2, -0.15) is 5.01 Å². The summed E-state index contributed by atoms with van der Waals surface area (Å²) in [5.41, 5.74) is 1.52. The SMILES string of the molecule is O=C(O)C[C@@H](/C=N/OCCc1ccccc1)NC(O)[C@@H]1CCCN2C(O)CCN(CNC(=O)c3ccccc3)C(=O)N12. The van der Waals surface area contributed by atoms with Gasteiger partial charge >= 0.3 is 12.0 Å². The number of hydrazine groups is 1. The van der Waals surface area contributed by atoms with Gasteiger partial charge in [0.25, 0.3) is 5.91 Å². The van der Waals surface area contributed by atoms with Crippen molar-refractivity contribution in [3.05, 3.63) is 71.8 Å². The number of carbonyl (C=O) groups is 3. The second-order valence-electron chi connectivity index (χ2n) is 10.2. The van der Waals surface area contributed by atoms with Crippen molar-refractivity contribution in [2.24, 2.45) is 5.16 Å². The van der Waals surface area contributed by atoms with E-state index in [4.69, 9.17) is 4.84 Å². The van der Waals surface area contributed by atoms with Crippen LogP contribution in [0.2, 0.25) is 0 Å². The fourth-order valence-electron chi connectivity index (χ4n) is 5.04. The van der Waals surface area contributed by atoms with E-state index >= 15 is 0 Å². The van der Waals surface area contributed by atoms with Gasteiger partial charge in [0.1, 0.15) is 19.1 Å². The van der Waals surface area contributed by atoms with Crippen molar-refractivity contribution in [2.45, 2.75) is 56.6 Å². The van der Waals surface area contributed by atoms with Gasteiger partial charge in [0, 0.05) is 31.5 Å². The lowest BCUT2D eigenvalue weighted by Gasteiger charge is -2.47. The first-order chi connectivity index (χ1) is 20.3. The van der Waals surface area contributed by atoms with Crippen molar-refractivity contribution < 1.29 is 34.5 Å². The van der Waals surface area contributed by atoms with Crippen LogP contribution < -0.4 is 10.6 Å². The Morgan fingerprint density at radius 3 is 2.50 bits per heavy atom. The number of amides is 3. The fraction of sp³-hybridized carbons (Fsp3) is 0.448. The normalized spacial score (nSPS) is 21.0. The number of hydrogen-bond acceptors (Lipinski definition) is 9. The predicted molar refractivity (Wildman–Crippen MR) is 153 cm³/mol. The first-order valence-electron chi connectivity index (χ1n) is 14.0. The van der Waals surface area contributed by atoms with Crippen LogP contribution in [-0.2, 0) is 16.1 Å². The summed E-state index contributed by atoms with van der Waals surface area (Å²) < 4.78 is 0. The molecule has 3 amide bonds. The minimum absolute atomic E-state index is 0.0888. The Morgan fingerprint density at radius 1 is 1.07 bits per heavy atom. The molecule has 2 aromatic rings. The molecule has 2 heterocycles. The number of carboxylic acid groups (broad SMARTS) is 1.